The molecule has 0 aromatic heterocycles. The molecule has 5 heteroatoms. The van der Waals surface area contributed by atoms with Crippen LogP contribution in [-0.4, -0.2) is 29.8 Å². The summed E-state index contributed by atoms with van der Waals surface area (Å²) in [5, 5.41) is 12.4. The monoisotopic (exact) mass is 407 g/mol. The van der Waals surface area contributed by atoms with Gasteiger partial charge in [-0.05, 0) is 40.5 Å². The molecule has 3 atom stereocenters. The second kappa shape index (κ2) is 8.90. The van der Waals surface area contributed by atoms with Gasteiger partial charge in [0, 0.05) is 5.92 Å². The Morgan fingerprint density at radius 3 is 2.23 bits per heavy atom. The summed E-state index contributed by atoms with van der Waals surface area (Å²) in [6, 6.07) is 15.4. The molecule has 1 saturated carbocycles. The molecule has 5 nitrogen and oxygen atoms in total. The van der Waals surface area contributed by atoms with E-state index in [1.54, 1.807) is 0 Å². The Balaban J connectivity index is 1.45. The van der Waals surface area contributed by atoms with Gasteiger partial charge in [0.15, 0.2) is 0 Å². The lowest BCUT2D eigenvalue weighted by molar-refractivity contribution is -0.142. The van der Waals surface area contributed by atoms with Gasteiger partial charge in [0.05, 0.1) is 0 Å². The molecule has 2 N–H and O–H groups in total. The summed E-state index contributed by atoms with van der Waals surface area (Å²) >= 11 is 0. The van der Waals surface area contributed by atoms with Crippen molar-refractivity contribution in [1.29, 1.82) is 0 Å². The third-order valence-corrected chi connectivity index (χ3v) is 6.80. The number of alkyl carbamates (subject to hydrolysis) is 1. The van der Waals surface area contributed by atoms with Gasteiger partial charge >= 0.3 is 12.1 Å². The lowest BCUT2D eigenvalue weighted by atomic mass is 9.74. The first-order valence-electron chi connectivity index (χ1n) is 10.9. The molecule has 0 heterocycles. The normalized spacial score (nSPS) is 21.4. The number of benzene rings is 2. The molecule has 0 bridgehead atoms. The van der Waals surface area contributed by atoms with Crippen molar-refractivity contribution in [2.24, 2.45) is 11.8 Å². The first-order valence-corrected chi connectivity index (χ1v) is 10.9. The fourth-order valence-corrected chi connectivity index (χ4v) is 5.30. The van der Waals surface area contributed by atoms with Crippen LogP contribution in [0, 0.1) is 11.8 Å². The van der Waals surface area contributed by atoms with Crippen molar-refractivity contribution in [3.8, 4) is 11.1 Å². The van der Waals surface area contributed by atoms with Crippen LogP contribution in [0.25, 0.3) is 11.1 Å². The maximum absolute atomic E-state index is 12.6. The predicted octanol–water partition coefficient (Wildman–Crippen LogP) is 5.19. The molecule has 0 aliphatic heterocycles. The Morgan fingerprint density at radius 1 is 1.03 bits per heavy atom. The van der Waals surface area contributed by atoms with Crippen molar-refractivity contribution in [3.05, 3.63) is 59.7 Å². The van der Waals surface area contributed by atoms with Crippen LogP contribution in [0.3, 0.4) is 0 Å². The molecule has 158 valence electrons. The minimum atomic E-state index is -0.978. The van der Waals surface area contributed by atoms with Gasteiger partial charge in [0.1, 0.15) is 12.6 Å². The highest BCUT2D eigenvalue weighted by molar-refractivity contribution is 5.81. The van der Waals surface area contributed by atoms with Crippen molar-refractivity contribution in [1.82, 2.24) is 5.32 Å². The minimum Gasteiger partial charge on any atom is -0.480 e. The maximum Gasteiger partial charge on any atom is 0.407 e. The van der Waals surface area contributed by atoms with Gasteiger partial charge in [0.25, 0.3) is 0 Å². The zero-order valence-corrected chi connectivity index (χ0v) is 17.3. The van der Waals surface area contributed by atoms with Crippen LogP contribution in [0.4, 0.5) is 4.79 Å². The molecular weight excluding hydrogens is 378 g/mol. The van der Waals surface area contributed by atoms with Gasteiger partial charge in [-0.1, -0.05) is 81.1 Å². The fraction of sp³-hybridized carbons (Fsp3) is 0.440. The fourth-order valence-electron chi connectivity index (χ4n) is 5.30. The van der Waals surface area contributed by atoms with Gasteiger partial charge < -0.3 is 15.2 Å². The Bertz CT molecular complexity index is 879. The van der Waals surface area contributed by atoms with E-state index in [0.29, 0.717) is 5.92 Å². The number of fused-ring (bicyclic) bond motifs is 3. The van der Waals surface area contributed by atoms with Crippen LogP contribution < -0.4 is 5.32 Å². The average molecular weight is 408 g/mol. The second-order valence-corrected chi connectivity index (χ2v) is 8.40. The second-order valence-electron chi connectivity index (χ2n) is 8.40. The number of carbonyl (C=O) groups excluding carboxylic acids is 1. The Hall–Kier alpha value is -2.82. The highest BCUT2D eigenvalue weighted by Gasteiger charge is 2.37. The summed E-state index contributed by atoms with van der Waals surface area (Å²) in [6.45, 7) is 2.28. The number of ether oxygens (including phenoxy) is 1. The van der Waals surface area contributed by atoms with Gasteiger partial charge in [0.2, 0.25) is 0 Å². The Morgan fingerprint density at radius 2 is 1.63 bits per heavy atom. The molecule has 2 aromatic rings. The van der Waals surface area contributed by atoms with Crippen molar-refractivity contribution in [2.45, 2.75) is 51.0 Å². The number of aliphatic carboxylic acids is 1. The van der Waals surface area contributed by atoms with Crippen LogP contribution >= 0.6 is 0 Å². The summed E-state index contributed by atoms with van der Waals surface area (Å²) in [5.74, 6) is -0.728. The first-order chi connectivity index (χ1) is 14.6. The number of carboxylic acids is 1. The van der Waals surface area contributed by atoms with E-state index in [2.05, 4.69) is 36.5 Å². The van der Waals surface area contributed by atoms with Crippen molar-refractivity contribution >= 4 is 12.1 Å². The van der Waals surface area contributed by atoms with E-state index >= 15 is 0 Å². The van der Waals surface area contributed by atoms with Crippen molar-refractivity contribution in [3.63, 3.8) is 0 Å². The standard InChI is InChI=1S/C25H29NO4/c1-2-16-9-3-4-10-17(16)23(24(27)28)26-25(29)30-15-22-20-13-7-5-11-18(20)19-12-6-8-14-21(19)22/h5-8,11-14,16-17,22-23H,2-4,9-10,15H2,1H3,(H,26,29)(H,27,28). The van der Waals surface area contributed by atoms with Crippen LogP contribution in [0.5, 0.6) is 0 Å². The number of rotatable bonds is 6. The number of nitrogens with one attached hydrogen (secondary N) is 1. The summed E-state index contributed by atoms with van der Waals surface area (Å²) in [6.07, 6.45) is 4.28. The smallest absolute Gasteiger partial charge is 0.407 e. The van der Waals surface area contributed by atoms with E-state index in [4.69, 9.17) is 4.74 Å². The maximum atomic E-state index is 12.6. The number of hydrogen-bond acceptors (Lipinski definition) is 3. The topological polar surface area (TPSA) is 75.6 Å². The van der Waals surface area contributed by atoms with Crippen LogP contribution in [0.1, 0.15) is 56.1 Å². The molecule has 1 fully saturated rings. The lowest BCUT2D eigenvalue weighted by Crippen LogP contribution is -2.49. The molecule has 2 aliphatic carbocycles. The zero-order valence-electron chi connectivity index (χ0n) is 17.3. The molecule has 2 aliphatic rings. The van der Waals surface area contributed by atoms with E-state index in [0.717, 1.165) is 43.2 Å². The third kappa shape index (κ3) is 3.93. The summed E-state index contributed by atoms with van der Waals surface area (Å²) in [4.78, 5) is 24.5. The number of carboxylic acid groups (broad SMARTS) is 1. The van der Waals surface area contributed by atoms with E-state index in [1.165, 1.54) is 11.1 Å². The third-order valence-electron chi connectivity index (χ3n) is 6.80. The van der Waals surface area contributed by atoms with Crippen LogP contribution in [0.2, 0.25) is 0 Å². The van der Waals surface area contributed by atoms with Crippen molar-refractivity contribution in [2.75, 3.05) is 6.61 Å². The molecule has 3 unspecified atom stereocenters. The summed E-state index contributed by atoms with van der Waals surface area (Å²) < 4.78 is 5.57. The largest absolute Gasteiger partial charge is 0.480 e. The van der Waals surface area contributed by atoms with Gasteiger partial charge in [-0.25, -0.2) is 9.59 Å². The predicted molar refractivity (Wildman–Crippen MR) is 115 cm³/mol. The molecule has 4 rings (SSSR count). The molecule has 0 saturated heterocycles. The number of amides is 1. The average Bonchev–Trinajstić information content (AvgIpc) is 3.09. The van der Waals surface area contributed by atoms with E-state index in [9.17, 15) is 14.7 Å². The molecule has 1 amide bonds. The van der Waals surface area contributed by atoms with Gasteiger partial charge in [-0.15, -0.1) is 0 Å². The minimum absolute atomic E-state index is 0.0375. The van der Waals surface area contributed by atoms with E-state index in [1.807, 2.05) is 24.3 Å². The number of hydrogen-bond donors (Lipinski definition) is 2. The molecular formula is C25H29NO4. The highest BCUT2D eigenvalue weighted by Crippen LogP contribution is 2.44. The summed E-state index contributed by atoms with van der Waals surface area (Å²) in [5.41, 5.74) is 4.61. The zero-order chi connectivity index (χ0) is 21.1. The highest BCUT2D eigenvalue weighted by atomic mass is 16.5. The molecule has 30 heavy (non-hydrogen) atoms. The summed E-state index contributed by atoms with van der Waals surface area (Å²) in [7, 11) is 0. The van der Waals surface area contributed by atoms with E-state index in [-0.39, 0.29) is 18.4 Å². The van der Waals surface area contributed by atoms with Gasteiger partial charge in [-0.3, -0.25) is 0 Å². The van der Waals surface area contributed by atoms with Crippen molar-refractivity contribution < 1.29 is 19.4 Å². The Kier molecular flexibility index (Phi) is 6.07. The molecule has 0 spiro atoms. The van der Waals surface area contributed by atoms with Crippen LogP contribution in [-0.2, 0) is 9.53 Å². The molecule has 2 aromatic carbocycles. The quantitative estimate of drug-likeness (QED) is 0.691. The number of carbonyl (C=O) groups is 2. The molecule has 0 radical (unpaired) electrons. The first kappa shape index (κ1) is 20.5. The van der Waals surface area contributed by atoms with Crippen LogP contribution in [0.15, 0.2) is 48.5 Å². The SMILES string of the molecule is CCC1CCCCC1C(NC(=O)OCC1c2ccccc2-c2ccccc21)C(=O)O. The van der Waals surface area contributed by atoms with E-state index < -0.39 is 18.1 Å². The van der Waals surface area contributed by atoms with Gasteiger partial charge in [-0.2, -0.15) is 0 Å². The Labute approximate surface area is 177 Å². The lowest BCUT2D eigenvalue weighted by Gasteiger charge is -2.35.